The Balaban J connectivity index is 2.11. The molecule has 0 saturated heterocycles. The van der Waals surface area contributed by atoms with E-state index in [4.69, 9.17) is 0 Å². The molecule has 1 unspecified atom stereocenters. The molecule has 4 nitrogen and oxygen atoms in total. The van der Waals surface area contributed by atoms with Crippen LogP contribution in [0.2, 0.25) is 0 Å². The van der Waals surface area contributed by atoms with Gasteiger partial charge in [0, 0.05) is 18.8 Å². The number of amides is 2. The predicted molar refractivity (Wildman–Crippen MR) is 122 cm³/mol. The third kappa shape index (κ3) is 6.93. The van der Waals surface area contributed by atoms with Crippen molar-refractivity contribution in [2.24, 2.45) is 0 Å². The normalized spacial score (nSPS) is 11.7. The molecule has 0 bridgehead atoms. The zero-order chi connectivity index (χ0) is 21.2. The van der Waals surface area contributed by atoms with Gasteiger partial charge in [0.1, 0.15) is 6.04 Å². The summed E-state index contributed by atoms with van der Waals surface area (Å²) in [5.74, 6) is 1.06. The summed E-state index contributed by atoms with van der Waals surface area (Å²) in [7, 11) is 0. The molecule has 156 valence electrons. The van der Waals surface area contributed by atoms with E-state index in [1.807, 2.05) is 45.0 Å². The van der Waals surface area contributed by atoms with Gasteiger partial charge in [0.25, 0.3) is 0 Å². The second-order valence-electron chi connectivity index (χ2n) is 7.25. The van der Waals surface area contributed by atoms with Crippen LogP contribution in [0.5, 0.6) is 0 Å². The first-order valence-electron chi connectivity index (χ1n) is 10.2. The number of carbonyl (C=O) groups is 2. The van der Waals surface area contributed by atoms with Gasteiger partial charge in [0.2, 0.25) is 11.8 Å². The highest BCUT2D eigenvalue weighted by molar-refractivity contribution is 7.99. The van der Waals surface area contributed by atoms with Crippen LogP contribution in [0.15, 0.2) is 48.5 Å². The second kappa shape index (κ2) is 11.7. The summed E-state index contributed by atoms with van der Waals surface area (Å²) in [6.07, 6.45) is 0.589. The molecule has 2 aromatic rings. The third-order valence-electron chi connectivity index (χ3n) is 4.95. The van der Waals surface area contributed by atoms with Crippen LogP contribution in [0.1, 0.15) is 42.5 Å². The van der Waals surface area contributed by atoms with Crippen molar-refractivity contribution in [1.29, 1.82) is 0 Å². The van der Waals surface area contributed by atoms with E-state index in [2.05, 4.69) is 36.5 Å². The lowest BCUT2D eigenvalue weighted by Crippen LogP contribution is -2.49. The maximum Gasteiger partial charge on any atom is 0.242 e. The summed E-state index contributed by atoms with van der Waals surface area (Å²) in [5.41, 5.74) is 4.64. The Morgan fingerprint density at radius 2 is 1.72 bits per heavy atom. The van der Waals surface area contributed by atoms with Crippen molar-refractivity contribution in [3.8, 4) is 0 Å². The molecule has 2 rings (SSSR count). The average molecular weight is 413 g/mol. The smallest absolute Gasteiger partial charge is 0.242 e. The molecule has 0 heterocycles. The van der Waals surface area contributed by atoms with E-state index >= 15 is 0 Å². The zero-order valence-corrected chi connectivity index (χ0v) is 18.7. The van der Waals surface area contributed by atoms with Gasteiger partial charge in [-0.15, -0.1) is 11.8 Å². The van der Waals surface area contributed by atoms with Crippen molar-refractivity contribution in [2.45, 2.75) is 52.5 Å². The van der Waals surface area contributed by atoms with Gasteiger partial charge in [-0.05, 0) is 43.9 Å². The molecular weight excluding hydrogens is 380 g/mol. The van der Waals surface area contributed by atoms with Crippen molar-refractivity contribution in [2.75, 3.05) is 12.3 Å². The molecule has 0 aliphatic rings. The van der Waals surface area contributed by atoms with Gasteiger partial charge in [-0.1, -0.05) is 61.0 Å². The van der Waals surface area contributed by atoms with E-state index in [1.54, 1.807) is 16.7 Å². The summed E-state index contributed by atoms with van der Waals surface area (Å²) >= 11 is 1.59. The zero-order valence-electron chi connectivity index (χ0n) is 17.9. The number of thioether (sulfide) groups is 1. The first kappa shape index (κ1) is 23.0. The molecule has 0 spiro atoms. The summed E-state index contributed by atoms with van der Waals surface area (Å²) in [5, 5.41) is 2.88. The van der Waals surface area contributed by atoms with Gasteiger partial charge in [0.05, 0.1) is 5.75 Å². The Bertz CT molecular complexity index is 805. The molecule has 1 atom stereocenters. The quantitative estimate of drug-likeness (QED) is 0.626. The molecule has 2 aromatic carbocycles. The first-order valence-corrected chi connectivity index (χ1v) is 11.4. The predicted octanol–water partition coefficient (Wildman–Crippen LogP) is 4.48. The monoisotopic (exact) mass is 412 g/mol. The minimum Gasteiger partial charge on any atom is -0.355 e. The van der Waals surface area contributed by atoms with Crippen LogP contribution >= 0.6 is 11.8 Å². The number of carbonyl (C=O) groups excluding carboxylic acids is 2. The summed E-state index contributed by atoms with van der Waals surface area (Å²) in [4.78, 5) is 27.5. The van der Waals surface area contributed by atoms with Crippen LogP contribution < -0.4 is 5.32 Å². The fourth-order valence-corrected chi connectivity index (χ4v) is 4.08. The van der Waals surface area contributed by atoms with Gasteiger partial charge < -0.3 is 10.2 Å². The van der Waals surface area contributed by atoms with Crippen molar-refractivity contribution in [3.63, 3.8) is 0 Å². The molecule has 0 aliphatic heterocycles. The number of nitrogens with zero attached hydrogens (tertiary/aromatic N) is 1. The van der Waals surface area contributed by atoms with Gasteiger partial charge >= 0.3 is 0 Å². The lowest BCUT2D eigenvalue weighted by molar-refractivity contribution is -0.139. The number of aryl methyl sites for hydroxylation is 2. The van der Waals surface area contributed by atoms with E-state index < -0.39 is 6.04 Å². The standard InChI is InChI=1S/C24H32N2O2S/c1-5-22(24(28)25-6-2)26(15-21-10-8-7-9-19(21)4)23(27)17-29-16-20-13-11-18(3)12-14-20/h7-14,22H,5-6,15-17H2,1-4H3,(H,25,28). The number of nitrogens with one attached hydrogen (secondary N) is 1. The van der Waals surface area contributed by atoms with Gasteiger partial charge in [-0.3, -0.25) is 9.59 Å². The highest BCUT2D eigenvalue weighted by Crippen LogP contribution is 2.19. The largest absolute Gasteiger partial charge is 0.355 e. The molecule has 2 amide bonds. The van der Waals surface area contributed by atoms with E-state index in [0.717, 1.165) is 16.9 Å². The van der Waals surface area contributed by atoms with E-state index in [9.17, 15) is 9.59 Å². The molecule has 29 heavy (non-hydrogen) atoms. The lowest BCUT2D eigenvalue weighted by atomic mass is 10.1. The summed E-state index contributed by atoms with van der Waals surface area (Å²) < 4.78 is 0. The molecule has 0 radical (unpaired) electrons. The number of rotatable bonds is 10. The van der Waals surface area contributed by atoms with Gasteiger partial charge in [-0.25, -0.2) is 0 Å². The third-order valence-corrected chi connectivity index (χ3v) is 5.94. The van der Waals surface area contributed by atoms with Crippen LogP contribution in [-0.4, -0.2) is 35.1 Å². The maximum absolute atomic E-state index is 13.1. The number of hydrogen-bond acceptors (Lipinski definition) is 3. The Labute approximate surface area is 179 Å². The molecular formula is C24H32N2O2S. The molecule has 1 N–H and O–H groups in total. The van der Waals surface area contributed by atoms with E-state index in [-0.39, 0.29) is 11.8 Å². The minimum atomic E-state index is -0.456. The van der Waals surface area contributed by atoms with Crippen molar-refractivity contribution < 1.29 is 9.59 Å². The Kier molecular flexibility index (Phi) is 9.26. The van der Waals surface area contributed by atoms with Crippen LogP contribution in [0, 0.1) is 13.8 Å². The topological polar surface area (TPSA) is 49.4 Å². The molecule has 5 heteroatoms. The lowest BCUT2D eigenvalue weighted by Gasteiger charge is -2.31. The van der Waals surface area contributed by atoms with Gasteiger partial charge in [-0.2, -0.15) is 0 Å². The molecule has 0 saturated carbocycles. The van der Waals surface area contributed by atoms with E-state index in [1.165, 1.54) is 11.1 Å². The molecule has 0 fully saturated rings. The van der Waals surface area contributed by atoms with Crippen molar-refractivity contribution >= 4 is 23.6 Å². The first-order chi connectivity index (χ1) is 14.0. The van der Waals surface area contributed by atoms with Crippen LogP contribution in [0.4, 0.5) is 0 Å². The number of likely N-dealkylation sites (N-methyl/N-ethyl adjacent to an activating group) is 1. The van der Waals surface area contributed by atoms with Crippen molar-refractivity contribution in [1.82, 2.24) is 10.2 Å². The summed E-state index contributed by atoms with van der Waals surface area (Å²) in [6, 6.07) is 15.9. The average Bonchev–Trinajstić information content (AvgIpc) is 2.71. The number of hydrogen-bond donors (Lipinski definition) is 1. The van der Waals surface area contributed by atoms with Crippen LogP contribution in [0.3, 0.4) is 0 Å². The molecule has 0 aromatic heterocycles. The van der Waals surface area contributed by atoms with Crippen LogP contribution in [-0.2, 0) is 21.9 Å². The second-order valence-corrected chi connectivity index (χ2v) is 8.23. The molecule has 0 aliphatic carbocycles. The Hall–Kier alpha value is -2.27. The fourth-order valence-electron chi connectivity index (χ4n) is 3.21. The fraction of sp³-hybridized carbons (Fsp3) is 0.417. The van der Waals surface area contributed by atoms with Crippen LogP contribution in [0.25, 0.3) is 0 Å². The number of benzene rings is 2. The summed E-state index contributed by atoms with van der Waals surface area (Å²) in [6.45, 7) is 8.97. The van der Waals surface area contributed by atoms with Gasteiger partial charge in [0.15, 0.2) is 0 Å². The highest BCUT2D eigenvalue weighted by Gasteiger charge is 2.28. The Morgan fingerprint density at radius 1 is 1.03 bits per heavy atom. The maximum atomic E-state index is 13.1. The van der Waals surface area contributed by atoms with E-state index in [0.29, 0.717) is 25.3 Å². The highest BCUT2D eigenvalue weighted by atomic mass is 32.2. The SMILES string of the molecule is CCNC(=O)C(CC)N(Cc1ccccc1C)C(=O)CSCc1ccc(C)cc1. The van der Waals surface area contributed by atoms with Crippen molar-refractivity contribution in [3.05, 3.63) is 70.8 Å². The minimum absolute atomic E-state index is 0.00321. The Morgan fingerprint density at radius 3 is 2.34 bits per heavy atom.